The van der Waals surface area contributed by atoms with Crippen molar-refractivity contribution in [3.63, 3.8) is 0 Å². The fourth-order valence-corrected chi connectivity index (χ4v) is 3.38. The van der Waals surface area contributed by atoms with Crippen molar-refractivity contribution in [3.8, 4) is 11.5 Å². The van der Waals surface area contributed by atoms with Crippen LogP contribution < -0.4 is 9.64 Å². The number of Topliss-reactive ketones (excluding diaryl/α,β-unsaturated/α-hetero) is 1. The molecule has 2 aliphatic rings. The summed E-state index contributed by atoms with van der Waals surface area (Å²) in [6, 6.07) is 13.1. The number of quaternary nitrogens is 1. The molecule has 2 aromatic rings. The van der Waals surface area contributed by atoms with Gasteiger partial charge in [0, 0.05) is 0 Å². The summed E-state index contributed by atoms with van der Waals surface area (Å²) in [4.78, 5) is 14.0. The largest absolute Gasteiger partial charge is 0.507 e. The highest BCUT2D eigenvalue weighted by molar-refractivity contribution is 6.12. The van der Waals surface area contributed by atoms with Crippen LogP contribution in [0.3, 0.4) is 0 Å². The molecule has 0 saturated carbocycles. The molecule has 5 heteroatoms. The van der Waals surface area contributed by atoms with Crippen LogP contribution in [-0.2, 0) is 11.3 Å². The van der Waals surface area contributed by atoms with Crippen molar-refractivity contribution in [2.75, 3.05) is 26.3 Å². The lowest BCUT2D eigenvalue weighted by Crippen LogP contribution is -3.12. The van der Waals surface area contributed by atoms with Crippen LogP contribution in [0, 0.1) is 0 Å². The number of benzene rings is 2. The number of ketones is 1. The number of hydrogen-bond acceptors (Lipinski definition) is 4. The van der Waals surface area contributed by atoms with Crippen LogP contribution >= 0.6 is 0 Å². The van der Waals surface area contributed by atoms with Crippen molar-refractivity contribution in [2.45, 2.75) is 6.54 Å². The van der Waals surface area contributed by atoms with Crippen LogP contribution in [0.2, 0.25) is 0 Å². The number of aromatic hydroxyl groups is 1. The Morgan fingerprint density at radius 3 is 2.63 bits per heavy atom. The van der Waals surface area contributed by atoms with Gasteiger partial charge < -0.3 is 19.5 Å². The van der Waals surface area contributed by atoms with Crippen molar-refractivity contribution in [2.24, 2.45) is 0 Å². The van der Waals surface area contributed by atoms with Crippen molar-refractivity contribution in [1.82, 2.24) is 0 Å². The van der Waals surface area contributed by atoms with Gasteiger partial charge in [-0.05, 0) is 23.8 Å². The van der Waals surface area contributed by atoms with Gasteiger partial charge in [-0.2, -0.15) is 0 Å². The maximum absolute atomic E-state index is 12.7. The minimum atomic E-state index is -0.152. The van der Waals surface area contributed by atoms with Gasteiger partial charge in [-0.25, -0.2) is 0 Å². The molecule has 0 radical (unpaired) electrons. The van der Waals surface area contributed by atoms with Crippen LogP contribution in [0.4, 0.5) is 0 Å². The summed E-state index contributed by atoms with van der Waals surface area (Å²) in [7, 11) is 0. The smallest absolute Gasteiger partial charge is 0.231 e. The number of fused-ring (bicyclic) bond motifs is 1. The normalized spacial score (nSPS) is 18.8. The zero-order valence-corrected chi connectivity index (χ0v) is 15.0. The summed E-state index contributed by atoms with van der Waals surface area (Å²) in [6.07, 6.45) is 5.40. The molecule has 0 aliphatic carbocycles. The zero-order chi connectivity index (χ0) is 18.6. The maximum Gasteiger partial charge on any atom is 0.231 e. The lowest BCUT2D eigenvalue weighted by molar-refractivity contribution is -0.921. The predicted octanol–water partition coefficient (Wildman–Crippen LogP) is 1.98. The molecule has 0 unspecified atom stereocenters. The first-order valence-electron chi connectivity index (χ1n) is 9.14. The monoisotopic (exact) mass is 364 g/mol. The van der Waals surface area contributed by atoms with Gasteiger partial charge in [-0.15, -0.1) is 0 Å². The number of carbonyl (C=O) groups is 1. The molecule has 5 nitrogen and oxygen atoms in total. The number of ether oxygens (including phenoxy) is 2. The molecule has 1 fully saturated rings. The van der Waals surface area contributed by atoms with Gasteiger partial charge in [-0.3, -0.25) is 4.79 Å². The molecule has 0 atom stereocenters. The van der Waals surface area contributed by atoms with E-state index in [0.29, 0.717) is 36.6 Å². The highest BCUT2D eigenvalue weighted by Gasteiger charge is 2.32. The third-order valence-electron chi connectivity index (χ3n) is 4.88. The average Bonchev–Trinajstić information content (AvgIpc) is 3.02. The Hall–Kier alpha value is -2.89. The Morgan fingerprint density at radius 2 is 1.85 bits per heavy atom. The fraction of sp³-hybridized carbons (Fsp3) is 0.227. The van der Waals surface area contributed by atoms with E-state index in [4.69, 9.17) is 9.47 Å². The number of morpholine rings is 1. The van der Waals surface area contributed by atoms with E-state index in [-0.39, 0.29) is 17.3 Å². The number of rotatable bonds is 4. The van der Waals surface area contributed by atoms with Gasteiger partial charge >= 0.3 is 0 Å². The SMILES string of the molecule is O=C1C(=CC=Cc2ccccc2)Oc2c1ccc(O)c2C[NH+]1CCOCC1. The van der Waals surface area contributed by atoms with Gasteiger partial charge in [0.05, 0.1) is 24.3 Å². The molecule has 27 heavy (non-hydrogen) atoms. The first-order chi connectivity index (χ1) is 13.2. The Kier molecular flexibility index (Phi) is 5.05. The first kappa shape index (κ1) is 17.5. The van der Waals surface area contributed by atoms with E-state index in [9.17, 15) is 9.90 Å². The average molecular weight is 364 g/mol. The third-order valence-corrected chi connectivity index (χ3v) is 4.88. The quantitative estimate of drug-likeness (QED) is 0.815. The van der Waals surface area contributed by atoms with Crippen LogP contribution in [-0.4, -0.2) is 37.2 Å². The standard InChI is InChI=1S/C22H21NO4/c24-19-10-9-17-21(25)20(8-4-7-16-5-2-1-3-6-16)27-22(17)18(19)15-23-11-13-26-14-12-23/h1-10,24H,11-15H2/p+1. The second-order valence-corrected chi connectivity index (χ2v) is 6.71. The first-order valence-corrected chi connectivity index (χ1v) is 9.14. The lowest BCUT2D eigenvalue weighted by Gasteiger charge is -2.24. The molecule has 0 bridgehead atoms. The number of phenolic OH excluding ortho intramolecular Hbond substituents is 1. The zero-order valence-electron chi connectivity index (χ0n) is 15.0. The molecule has 2 heterocycles. The molecule has 4 rings (SSSR count). The second-order valence-electron chi connectivity index (χ2n) is 6.71. The molecular weight excluding hydrogens is 342 g/mol. The molecule has 0 aromatic heterocycles. The third kappa shape index (κ3) is 3.79. The van der Waals surface area contributed by atoms with Crippen molar-refractivity contribution in [1.29, 1.82) is 0 Å². The van der Waals surface area contributed by atoms with Gasteiger partial charge in [-0.1, -0.05) is 42.5 Å². The van der Waals surface area contributed by atoms with Gasteiger partial charge in [0.15, 0.2) is 11.5 Å². The lowest BCUT2D eigenvalue weighted by atomic mass is 10.0. The van der Waals surface area contributed by atoms with Gasteiger partial charge in [0.2, 0.25) is 5.78 Å². The van der Waals surface area contributed by atoms with Crippen molar-refractivity contribution >= 4 is 11.9 Å². The highest BCUT2D eigenvalue weighted by atomic mass is 16.5. The Bertz CT molecular complexity index is 896. The molecule has 1 saturated heterocycles. The maximum atomic E-state index is 12.7. The van der Waals surface area contributed by atoms with Gasteiger partial charge in [0.25, 0.3) is 0 Å². The summed E-state index contributed by atoms with van der Waals surface area (Å²) in [5.41, 5.74) is 2.24. The molecule has 2 aromatic carbocycles. The van der Waals surface area contributed by atoms with E-state index in [1.54, 1.807) is 24.3 Å². The number of carbonyl (C=O) groups excluding carboxylic acids is 1. The van der Waals surface area contributed by atoms with Crippen LogP contribution in [0.1, 0.15) is 21.5 Å². The van der Waals surface area contributed by atoms with Crippen molar-refractivity contribution < 1.29 is 24.3 Å². The number of phenols is 1. The van der Waals surface area contributed by atoms with Gasteiger partial charge in [0.1, 0.15) is 25.4 Å². The Morgan fingerprint density at radius 1 is 1.07 bits per heavy atom. The van der Waals surface area contributed by atoms with E-state index in [1.165, 1.54) is 4.90 Å². The minimum Gasteiger partial charge on any atom is -0.507 e. The molecule has 0 spiro atoms. The predicted molar refractivity (Wildman–Crippen MR) is 102 cm³/mol. The van der Waals surface area contributed by atoms with Crippen molar-refractivity contribution in [3.05, 3.63) is 77.1 Å². The number of hydrogen-bond donors (Lipinski definition) is 2. The fourth-order valence-electron chi connectivity index (χ4n) is 3.38. The second kappa shape index (κ2) is 7.78. The minimum absolute atomic E-state index is 0.152. The molecule has 0 amide bonds. The summed E-state index contributed by atoms with van der Waals surface area (Å²) < 4.78 is 11.3. The van der Waals surface area contributed by atoms with E-state index < -0.39 is 0 Å². The van der Waals surface area contributed by atoms with E-state index >= 15 is 0 Å². The van der Waals surface area contributed by atoms with E-state index in [2.05, 4.69) is 0 Å². The summed E-state index contributed by atoms with van der Waals surface area (Å²) in [5, 5.41) is 10.3. The molecule has 138 valence electrons. The summed E-state index contributed by atoms with van der Waals surface area (Å²) in [5.74, 6) is 0.780. The summed E-state index contributed by atoms with van der Waals surface area (Å²) in [6.45, 7) is 3.78. The summed E-state index contributed by atoms with van der Waals surface area (Å²) >= 11 is 0. The van der Waals surface area contributed by atoms with Crippen LogP contribution in [0.15, 0.2) is 60.4 Å². The number of allylic oxidation sites excluding steroid dienone is 3. The van der Waals surface area contributed by atoms with Crippen LogP contribution in [0.5, 0.6) is 11.5 Å². The molecule has 2 N–H and O–H groups in total. The molecule has 2 aliphatic heterocycles. The Balaban J connectivity index is 1.56. The van der Waals surface area contributed by atoms with E-state index in [0.717, 1.165) is 18.7 Å². The van der Waals surface area contributed by atoms with E-state index in [1.807, 2.05) is 36.4 Å². The highest BCUT2D eigenvalue weighted by Crippen LogP contribution is 2.38. The molecular formula is C22H22NO4+. The Labute approximate surface area is 158 Å². The number of nitrogens with one attached hydrogen (secondary N) is 1. The van der Waals surface area contributed by atoms with Crippen LogP contribution in [0.25, 0.3) is 6.08 Å². The topological polar surface area (TPSA) is 60.2 Å².